The summed E-state index contributed by atoms with van der Waals surface area (Å²) in [6, 6.07) is 15.8. The molecule has 0 radical (unpaired) electrons. The number of unbranched alkanes of at least 4 members (excludes halogenated alkanes) is 7. The van der Waals surface area contributed by atoms with Gasteiger partial charge < -0.3 is 4.74 Å². The average molecular weight is 353 g/mol. The number of azo groups is 1. The first-order chi connectivity index (χ1) is 12.8. The van der Waals surface area contributed by atoms with Crippen molar-refractivity contribution in [2.75, 3.05) is 6.61 Å². The summed E-state index contributed by atoms with van der Waals surface area (Å²) >= 11 is 0. The van der Waals surface area contributed by atoms with Crippen LogP contribution in [0.2, 0.25) is 0 Å². The van der Waals surface area contributed by atoms with Gasteiger partial charge in [0.15, 0.2) is 0 Å². The summed E-state index contributed by atoms with van der Waals surface area (Å²) in [4.78, 5) is 0. The van der Waals surface area contributed by atoms with E-state index in [1.165, 1.54) is 44.9 Å². The predicted molar refractivity (Wildman–Crippen MR) is 110 cm³/mol. The van der Waals surface area contributed by atoms with E-state index in [2.05, 4.69) is 24.1 Å². The van der Waals surface area contributed by atoms with Crippen molar-refractivity contribution in [3.8, 4) is 5.75 Å². The lowest BCUT2D eigenvalue weighted by atomic mass is 10.1. The zero-order valence-electron chi connectivity index (χ0n) is 16.3. The molecule has 3 nitrogen and oxygen atoms in total. The van der Waals surface area contributed by atoms with Crippen molar-refractivity contribution in [1.82, 2.24) is 0 Å². The summed E-state index contributed by atoms with van der Waals surface area (Å²) in [6.07, 6.45) is 10.5. The number of nitrogens with zero attached hydrogens (tertiary/aromatic N) is 2. The number of aryl methyl sites for hydroxylation is 1. The Balaban J connectivity index is 1.68. The van der Waals surface area contributed by atoms with Crippen molar-refractivity contribution in [1.29, 1.82) is 0 Å². The van der Waals surface area contributed by atoms with Crippen LogP contribution >= 0.6 is 0 Å². The lowest BCUT2D eigenvalue weighted by Crippen LogP contribution is -1.98. The summed E-state index contributed by atoms with van der Waals surface area (Å²) in [5.41, 5.74) is 2.82. The maximum atomic E-state index is 5.93. The van der Waals surface area contributed by atoms with Gasteiger partial charge in [0.1, 0.15) is 5.75 Å². The van der Waals surface area contributed by atoms with Crippen LogP contribution < -0.4 is 4.74 Å². The Hall–Kier alpha value is -2.16. The van der Waals surface area contributed by atoms with E-state index in [9.17, 15) is 0 Å². The molecule has 2 aromatic rings. The Kier molecular flexibility index (Phi) is 9.48. The van der Waals surface area contributed by atoms with E-state index in [1.807, 2.05) is 48.5 Å². The van der Waals surface area contributed by atoms with Crippen molar-refractivity contribution in [2.24, 2.45) is 10.2 Å². The van der Waals surface area contributed by atoms with Crippen LogP contribution in [-0.4, -0.2) is 6.61 Å². The van der Waals surface area contributed by atoms with Crippen LogP contribution in [0.5, 0.6) is 5.75 Å². The Morgan fingerprint density at radius 2 is 1.38 bits per heavy atom. The number of ether oxygens (including phenoxy) is 1. The second-order valence-corrected chi connectivity index (χ2v) is 6.81. The van der Waals surface area contributed by atoms with Gasteiger partial charge >= 0.3 is 0 Å². The number of rotatable bonds is 12. The normalized spacial score (nSPS) is 11.2. The molecule has 0 atom stereocenters. The van der Waals surface area contributed by atoms with Crippen LogP contribution in [0.4, 0.5) is 11.4 Å². The summed E-state index contributed by atoms with van der Waals surface area (Å²) in [7, 11) is 0. The molecule has 0 aliphatic rings. The van der Waals surface area contributed by atoms with E-state index < -0.39 is 0 Å². The van der Waals surface area contributed by atoms with Crippen LogP contribution in [0, 0.1) is 6.92 Å². The van der Waals surface area contributed by atoms with Crippen LogP contribution in [0.15, 0.2) is 58.8 Å². The molecule has 0 N–H and O–H groups in total. The highest BCUT2D eigenvalue weighted by molar-refractivity contribution is 5.47. The minimum Gasteiger partial charge on any atom is -0.493 e. The van der Waals surface area contributed by atoms with Crippen molar-refractivity contribution in [3.63, 3.8) is 0 Å². The van der Waals surface area contributed by atoms with Crippen LogP contribution in [0.1, 0.15) is 63.9 Å². The molecule has 26 heavy (non-hydrogen) atoms. The first-order valence-electron chi connectivity index (χ1n) is 10.00. The minimum atomic E-state index is 0.792. The fraction of sp³-hybridized carbons (Fsp3) is 0.478. The third-order valence-corrected chi connectivity index (χ3v) is 4.45. The van der Waals surface area contributed by atoms with Crippen molar-refractivity contribution in [3.05, 3.63) is 54.1 Å². The molecule has 140 valence electrons. The van der Waals surface area contributed by atoms with E-state index in [4.69, 9.17) is 4.74 Å². The fourth-order valence-corrected chi connectivity index (χ4v) is 2.89. The quantitative estimate of drug-likeness (QED) is 0.282. The van der Waals surface area contributed by atoms with Gasteiger partial charge in [0, 0.05) is 0 Å². The Morgan fingerprint density at radius 1 is 0.731 bits per heavy atom. The zero-order valence-corrected chi connectivity index (χ0v) is 16.3. The lowest BCUT2D eigenvalue weighted by Gasteiger charge is -2.09. The number of benzene rings is 2. The standard InChI is InChI=1S/C23H32N2O/c1-3-4-5-6-7-8-9-13-18-26-23-17-16-22(19-20(23)2)25-24-21-14-11-10-12-15-21/h10-12,14-17,19H,3-9,13,18H2,1-2H3/b25-24+. The van der Waals surface area contributed by atoms with E-state index in [-0.39, 0.29) is 0 Å². The minimum absolute atomic E-state index is 0.792. The third-order valence-electron chi connectivity index (χ3n) is 4.45. The van der Waals surface area contributed by atoms with Crippen LogP contribution in [-0.2, 0) is 0 Å². The maximum Gasteiger partial charge on any atom is 0.122 e. The smallest absolute Gasteiger partial charge is 0.122 e. The molecule has 3 heteroatoms. The van der Waals surface area contributed by atoms with Crippen molar-refractivity contribution in [2.45, 2.75) is 65.2 Å². The molecule has 0 bridgehead atoms. The summed E-state index contributed by atoms with van der Waals surface area (Å²) in [5.74, 6) is 0.951. The highest BCUT2D eigenvalue weighted by atomic mass is 16.5. The summed E-state index contributed by atoms with van der Waals surface area (Å²) < 4.78 is 5.93. The second-order valence-electron chi connectivity index (χ2n) is 6.81. The molecule has 0 heterocycles. The van der Waals surface area contributed by atoms with Gasteiger partial charge in [-0.2, -0.15) is 10.2 Å². The largest absolute Gasteiger partial charge is 0.493 e. The summed E-state index contributed by atoms with van der Waals surface area (Å²) in [5, 5.41) is 8.55. The van der Waals surface area contributed by atoms with Crippen LogP contribution in [0.3, 0.4) is 0 Å². The highest BCUT2D eigenvalue weighted by Gasteiger charge is 2.01. The molecule has 0 aliphatic heterocycles. The molecule has 0 fully saturated rings. The molecule has 0 saturated heterocycles. The van der Waals surface area contributed by atoms with Gasteiger partial charge in [0.05, 0.1) is 18.0 Å². The molecule has 0 spiro atoms. The molecular weight excluding hydrogens is 320 g/mol. The van der Waals surface area contributed by atoms with Gasteiger partial charge in [0.2, 0.25) is 0 Å². The van der Waals surface area contributed by atoms with E-state index in [0.717, 1.165) is 35.7 Å². The SMILES string of the molecule is CCCCCCCCCCOc1ccc(/N=N/c2ccccc2)cc1C. The summed E-state index contributed by atoms with van der Waals surface area (Å²) in [6.45, 7) is 5.11. The number of hydrogen-bond acceptors (Lipinski definition) is 3. The predicted octanol–water partition coefficient (Wildman–Crippen LogP) is 7.93. The first kappa shape index (κ1) is 20.2. The maximum absolute atomic E-state index is 5.93. The van der Waals surface area contributed by atoms with Gasteiger partial charge in [-0.1, -0.05) is 70.1 Å². The molecule has 0 aliphatic carbocycles. The molecule has 2 rings (SSSR count). The zero-order chi connectivity index (χ0) is 18.5. The lowest BCUT2D eigenvalue weighted by molar-refractivity contribution is 0.302. The third kappa shape index (κ3) is 7.81. The van der Waals surface area contributed by atoms with Gasteiger partial charge in [-0.25, -0.2) is 0 Å². The van der Waals surface area contributed by atoms with Crippen molar-refractivity contribution >= 4 is 11.4 Å². The Bertz CT molecular complexity index is 653. The van der Waals surface area contributed by atoms with Gasteiger partial charge in [0.25, 0.3) is 0 Å². The first-order valence-corrected chi connectivity index (χ1v) is 10.00. The Labute approximate surface area is 158 Å². The van der Waals surface area contributed by atoms with Crippen molar-refractivity contribution < 1.29 is 4.74 Å². The van der Waals surface area contributed by atoms with E-state index >= 15 is 0 Å². The fourth-order valence-electron chi connectivity index (χ4n) is 2.89. The number of hydrogen-bond donors (Lipinski definition) is 0. The van der Waals surface area contributed by atoms with Gasteiger partial charge in [-0.3, -0.25) is 0 Å². The van der Waals surface area contributed by atoms with E-state index in [1.54, 1.807) is 0 Å². The topological polar surface area (TPSA) is 34.0 Å². The molecule has 0 saturated carbocycles. The van der Waals surface area contributed by atoms with Crippen LogP contribution in [0.25, 0.3) is 0 Å². The Morgan fingerprint density at radius 3 is 2.08 bits per heavy atom. The molecule has 0 unspecified atom stereocenters. The average Bonchev–Trinajstić information content (AvgIpc) is 2.67. The molecule has 0 aromatic heterocycles. The van der Waals surface area contributed by atoms with Gasteiger partial charge in [-0.05, 0) is 49.2 Å². The van der Waals surface area contributed by atoms with E-state index in [0.29, 0.717) is 0 Å². The molecule has 0 amide bonds. The van der Waals surface area contributed by atoms with Gasteiger partial charge in [-0.15, -0.1) is 0 Å². The second kappa shape index (κ2) is 12.2. The molecular formula is C23H32N2O. The highest BCUT2D eigenvalue weighted by Crippen LogP contribution is 2.25. The monoisotopic (exact) mass is 352 g/mol. The molecule has 2 aromatic carbocycles.